The van der Waals surface area contributed by atoms with E-state index in [1.807, 2.05) is 0 Å². The zero-order chi connectivity index (χ0) is 12.6. The number of nitro benzene ring substituents is 1. The third-order valence-corrected chi connectivity index (χ3v) is 3.21. The van der Waals surface area contributed by atoms with Crippen molar-refractivity contribution in [2.24, 2.45) is 0 Å². The Hall–Kier alpha value is -1.47. The van der Waals surface area contributed by atoms with E-state index >= 15 is 0 Å². The molecular formula is C10H9BrN2O4. The summed E-state index contributed by atoms with van der Waals surface area (Å²) >= 11 is 3.07. The van der Waals surface area contributed by atoms with Crippen LogP contribution >= 0.6 is 15.9 Å². The first-order chi connectivity index (χ1) is 7.99. The van der Waals surface area contributed by atoms with Gasteiger partial charge >= 0.3 is 0 Å². The van der Waals surface area contributed by atoms with Gasteiger partial charge in [-0.25, -0.2) is 0 Å². The molecule has 1 aromatic rings. The first-order valence-corrected chi connectivity index (χ1v) is 5.70. The molecule has 90 valence electrons. The van der Waals surface area contributed by atoms with Gasteiger partial charge in [-0.05, 0) is 28.1 Å². The Balaban J connectivity index is 2.37. The number of halogens is 1. The molecule has 1 N–H and O–H groups in total. The highest BCUT2D eigenvalue weighted by atomic mass is 79.9. The number of aliphatic hydroxyl groups is 1. The first kappa shape index (κ1) is 12.0. The summed E-state index contributed by atoms with van der Waals surface area (Å²) in [6.07, 6.45) is -0.644. The molecule has 0 aromatic heterocycles. The van der Waals surface area contributed by atoms with Gasteiger partial charge in [0.05, 0.1) is 34.2 Å². The maximum absolute atomic E-state index is 11.5. The van der Waals surface area contributed by atoms with Gasteiger partial charge < -0.3 is 10.0 Å². The number of benzene rings is 1. The van der Waals surface area contributed by atoms with Gasteiger partial charge in [-0.3, -0.25) is 14.9 Å². The van der Waals surface area contributed by atoms with Crippen LogP contribution in [-0.2, 0) is 4.79 Å². The number of anilines is 1. The number of hydrogen-bond acceptors (Lipinski definition) is 4. The van der Waals surface area contributed by atoms with Crippen molar-refractivity contribution in [1.29, 1.82) is 0 Å². The molecule has 17 heavy (non-hydrogen) atoms. The number of nitrogens with zero attached hydrogens (tertiary/aromatic N) is 2. The fourth-order valence-corrected chi connectivity index (χ4v) is 2.14. The van der Waals surface area contributed by atoms with E-state index in [4.69, 9.17) is 0 Å². The second kappa shape index (κ2) is 4.42. The van der Waals surface area contributed by atoms with E-state index < -0.39 is 11.0 Å². The van der Waals surface area contributed by atoms with Gasteiger partial charge in [-0.2, -0.15) is 0 Å². The van der Waals surface area contributed by atoms with Crippen molar-refractivity contribution in [1.82, 2.24) is 0 Å². The van der Waals surface area contributed by atoms with Crippen molar-refractivity contribution in [2.45, 2.75) is 12.5 Å². The summed E-state index contributed by atoms with van der Waals surface area (Å²) in [5.41, 5.74) is 0.332. The van der Waals surface area contributed by atoms with E-state index in [2.05, 4.69) is 15.9 Å². The van der Waals surface area contributed by atoms with Gasteiger partial charge in [-0.1, -0.05) is 0 Å². The Morgan fingerprint density at radius 2 is 2.24 bits per heavy atom. The molecule has 1 heterocycles. The molecule has 0 bridgehead atoms. The van der Waals surface area contributed by atoms with Crippen LogP contribution < -0.4 is 4.90 Å². The lowest BCUT2D eigenvalue weighted by Crippen LogP contribution is -2.25. The van der Waals surface area contributed by atoms with Crippen LogP contribution in [-0.4, -0.2) is 28.6 Å². The summed E-state index contributed by atoms with van der Waals surface area (Å²) in [4.78, 5) is 23.1. The van der Waals surface area contributed by atoms with Crippen LogP contribution in [0.2, 0.25) is 0 Å². The largest absolute Gasteiger partial charge is 0.391 e. The molecule has 0 spiro atoms. The third-order valence-electron chi connectivity index (χ3n) is 2.54. The topological polar surface area (TPSA) is 83.7 Å². The van der Waals surface area contributed by atoms with E-state index in [0.29, 0.717) is 10.2 Å². The van der Waals surface area contributed by atoms with Crippen LogP contribution in [0.25, 0.3) is 0 Å². The molecule has 1 aliphatic heterocycles. The van der Waals surface area contributed by atoms with Crippen LogP contribution in [0, 0.1) is 10.1 Å². The van der Waals surface area contributed by atoms with Gasteiger partial charge in [-0.15, -0.1) is 0 Å². The smallest absolute Gasteiger partial charge is 0.285 e. The van der Waals surface area contributed by atoms with Crippen LogP contribution in [0.4, 0.5) is 11.4 Å². The van der Waals surface area contributed by atoms with Gasteiger partial charge in [0.25, 0.3) is 5.69 Å². The Morgan fingerprint density at radius 1 is 1.53 bits per heavy atom. The number of carbonyl (C=O) groups is 1. The first-order valence-electron chi connectivity index (χ1n) is 4.91. The molecule has 7 heteroatoms. The van der Waals surface area contributed by atoms with E-state index in [-0.39, 0.29) is 24.6 Å². The Kier molecular flexibility index (Phi) is 3.12. The number of nitro groups is 1. The number of amides is 1. The average Bonchev–Trinajstić information content (AvgIpc) is 2.58. The number of aliphatic hydroxyl groups excluding tert-OH is 1. The maximum Gasteiger partial charge on any atom is 0.285 e. The Morgan fingerprint density at radius 3 is 2.76 bits per heavy atom. The predicted octanol–water partition coefficient (Wildman–Crippen LogP) is 1.45. The zero-order valence-corrected chi connectivity index (χ0v) is 10.3. The lowest BCUT2D eigenvalue weighted by Gasteiger charge is -2.15. The minimum absolute atomic E-state index is 0.0594. The van der Waals surface area contributed by atoms with Crippen molar-refractivity contribution in [3.8, 4) is 0 Å². The lowest BCUT2D eigenvalue weighted by molar-refractivity contribution is -0.385. The standard InChI is InChI=1S/C10H9BrN2O4/c11-8-2-1-6(3-9(8)13(16)17)12-5-7(14)4-10(12)15/h1-3,7,14H,4-5H2. The van der Waals surface area contributed by atoms with Crippen LogP contribution in [0.1, 0.15) is 6.42 Å². The summed E-state index contributed by atoms with van der Waals surface area (Å²) < 4.78 is 0.360. The molecule has 1 aromatic carbocycles. The molecule has 0 aliphatic carbocycles. The fraction of sp³-hybridized carbons (Fsp3) is 0.300. The summed E-state index contributed by atoms with van der Waals surface area (Å²) in [6, 6.07) is 4.44. The highest BCUT2D eigenvalue weighted by Gasteiger charge is 2.30. The summed E-state index contributed by atoms with van der Waals surface area (Å²) in [6.45, 7) is 0.178. The summed E-state index contributed by atoms with van der Waals surface area (Å²) in [7, 11) is 0. The van der Waals surface area contributed by atoms with Gasteiger partial charge in [0.15, 0.2) is 0 Å². The number of carbonyl (C=O) groups excluding carboxylic acids is 1. The van der Waals surface area contributed by atoms with Crippen molar-refractivity contribution in [3.63, 3.8) is 0 Å². The maximum atomic E-state index is 11.5. The van der Waals surface area contributed by atoms with E-state index in [0.717, 1.165) is 0 Å². The highest BCUT2D eigenvalue weighted by Crippen LogP contribution is 2.31. The molecular weight excluding hydrogens is 292 g/mol. The molecule has 1 amide bonds. The van der Waals surface area contributed by atoms with Crippen molar-refractivity contribution in [2.75, 3.05) is 11.4 Å². The van der Waals surface area contributed by atoms with Gasteiger partial charge in [0.1, 0.15) is 0 Å². The number of hydrogen-bond donors (Lipinski definition) is 1. The molecule has 1 aliphatic rings. The number of rotatable bonds is 2. The van der Waals surface area contributed by atoms with Crippen LogP contribution in [0.3, 0.4) is 0 Å². The van der Waals surface area contributed by atoms with Gasteiger partial charge in [0.2, 0.25) is 5.91 Å². The summed E-state index contributed by atoms with van der Waals surface area (Å²) in [5, 5.41) is 20.1. The van der Waals surface area contributed by atoms with Crippen LogP contribution in [0.15, 0.2) is 22.7 Å². The molecule has 1 fully saturated rings. The quantitative estimate of drug-likeness (QED) is 0.662. The van der Waals surface area contributed by atoms with E-state index in [1.165, 1.54) is 17.0 Å². The lowest BCUT2D eigenvalue weighted by atomic mass is 10.2. The minimum Gasteiger partial charge on any atom is -0.391 e. The third kappa shape index (κ3) is 2.29. The highest BCUT2D eigenvalue weighted by molar-refractivity contribution is 9.10. The van der Waals surface area contributed by atoms with Gasteiger partial charge in [0, 0.05) is 6.07 Å². The van der Waals surface area contributed by atoms with E-state index in [9.17, 15) is 20.0 Å². The van der Waals surface area contributed by atoms with Crippen LogP contribution in [0.5, 0.6) is 0 Å². The molecule has 1 unspecified atom stereocenters. The zero-order valence-electron chi connectivity index (χ0n) is 8.67. The predicted molar refractivity (Wildman–Crippen MR) is 63.8 cm³/mol. The minimum atomic E-state index is -0.704. The molecule has 2 rings (SSSR count). The molecule has 1 saturated heterocycles. The molecule has 0 saturated carbocycles. The summed E-state index contributed by atoms with van der Waals surface area (Å²) in [5.74, 6) is -0.228. The molecule has 0 radical (unpaired) electrons. The Labute approximate surface area is 105 Å². The average molecular weight is 301 g/mol. The van der Waals surface area contributed by atoms with Crippen molar-refractivity contribution >= 4 is 33.2 Å². The van der Waals surface area contributed by atoms with E-state index in [1.54, 1.807) is 6.07 Å². The second-order valence-corrected chi connectivity index (χ2v) is 4.61. The van der Waals surface area contributed by atoms with Crippen molar-refractivity contribution in [3.05, 3.63) is 32.8 Å². The number of β-amino-alcohol motifs (C(OH)–C–C–N with tert-alkyl or cyclic N) is 1. The second-order valence-electron chi connectivity index (χ2n) is 3.76. The molecule has 6 nitrogen and oxygen atoms in total. The normalized spacial score (nSPS) is 19.8. The SMILES string of the molecule is O=C1CC(O)CN1c1ccc(Br)c([N+](=O)[O-])c1. The van der Waals surface area contributed by atoms with Crippen molar-refractivity contribution < 1.29 is 14.8 Å². The Bertz CT molecular complexity index is 491. The molecule has 1 atom stereocenters. The monoisotopic (exact) mass is 300 g/mol. The fourth-order valence-electron chi connectivity index (χ4n) is 1.75.